The Balaban J connectivity index is 1.39. The zero-order valence-electron chi connectivity index (χ0n) is 12.6. The summed E-state index contributed by atoms with van der Waals surface area (Å²) in [6.45, 7) is 3.13. The highest BCUT2D eigenvalue weighted by molar-refractivity contribution is 5.42. The van der Waals surface area contributed by atoms with Crippen LogP contribution >= 0.6 is 0 Å². The average molecular weight is 293 g/mol. The quantitative estimate of drug-likeness (QED) is 0.851. The number of hydrogen-bond acceptors (Lipinski definition) is 2. The molecule has 112 valence electrons. The Bertz CT molecular complexity index is 716. The lowest BCUT2D eigenvalue weighted by molar-refractivity contribution is 0.0502. The number of para-hydroxylation sites is 2. The summed E-state index contributed by atoms with van der Waals surface area (Å²) in [6, 6.07) is 9.95. The number of benzene rings is 1. The molecule has 1 aliphatic heterocycles. The maximum atomic E-state index is 5.81. The van der Waals surface area contributed by atoms with Crippen molar-refractivity contribution < 1.29 is 9.47 Å². The van der Waals surface area contributed by atoms with E-state index in [1.807, 2.05) is 24.3 Å². The van der Waals surface area contributed by atoms with E-state index in [-0.39, 0.29) is 6.29 Å². The van der Waals surface area contributed by atoms with Crippen molar-refractivity contribution in [2.75, 3.05) is 0 Å². The van der Waals surface area contributed by atoms with Crippen LogP contribution in [0, 0.1) is 5.92 Å². The van der Waals surface area contributed by atoms with Gasteiger partial charge in [-0.05, 0) is 35.3 Å². The van der Waals surface area contributed by atoms with E-state index < -0.39 is 0 Å². The van der Waals surface area contributed by atoms with Gasteiger partial charge in [0.25, 0.3) is 0 Å². The Morgan fingerprint density at radius 1 is 1.09 bits per heavy atom. The van der Waals surface area contributed by atoms with Crippen molar-refractivity contribution in [3.05, 3.63) is 72.1 Å². The first-order valence-corrected chi connectivity index (χ1v) is 7.72. The molecule has 0 amide bonds. The Kier molecular flexibility index (Phi) is 3.26. The van der Waals surface area contributed by atoms with Gasteiger partial charge in [-0.2, -0.15) is 0 Å². The van der Waals surface area contributed by atoms with Crippen LogP contribution in [0.4, 0.5) is 0 Å². The van der Waals surface area contributed by atoms with Gasteiger partial charge in [0.05, 0.1) is 0 Å². The minimum atomic E-state index is -0.223. The molecule has 1 aliphatic carbocycles. The van der Waals surface area contributed by atoms with Crippen molar-refractivity contribution in [3.63, 3.8) is 0 Å². The zero-order chi connectivity index (χ0) is 14.9. The van der Waals surface area contributed by atoms with Crippen molar-refractivity contribution in [1.29, 1.82) is 0 Å². The summed E-state index contributed by atoms with van der Waals surface area (Å²) in [7, 11) is 0. The molecule has 0 fully saturated rings. The second-order valence-electron chi connectivity index (χ2n) is 5.97. The number of ether oxygens (including phenoxy) is 2. The minimum absolute atomic E-state index is 0.223. The molecule has 3 heteroatoms. The molecular weight excluding hydrogens is 274 g/mol. The maximum Gasteiger partial charge on any atom is 0.245 e. The monoisotopic (exact) mass is 293 g/mol. The lowest BCUT2D eigenvalue weighted by Gasteiger charge is -2.08. The van der Waals surface area contributed by atoms with Gasteiger partial charge in [0.1, 0.15) is 0 Å². The van der Waals surface area contributed by atoms with Gasteiger partial charge in [0.2, 0.25) is 6.29 Å². The number of nitrogens with zero attached hydrogens (tertiary/aromatic N) is 1. The largest absolute Gasteiger partial charge is 0.451 e. The van der Waals surface area contributed by atoms with Crippen molar-refractivity contribution in [3.8, 4) is 11.5 Å². The van der Waals surface area contributed by atoms with Gasteiger partial charge >= 0.3 is 0 Å². The maximum absolute atomic E-state index is 5.81. The smallest absolute Gasteiger partial charge is 0.245 e. The molecule has 1 aromatic carbocycles. The second-order valence-corrected chi connectivity index (χ2v) is 5.97. The lowest BCUT2D eigenvalue weighted by atomic mass is 10.2. The molecule has 1 aromatic heterocycles. The van der Waals surface area contributed by atoms with Crippen LogP contribution in [0.2, 0.25) is 0 Å². The molecule has 0 saturated carbocycles. The molecule has 0 radical (unpaired) electrons. The molecule has 2 aliphatic rings. The van der Waals surface area contributed by atoms with Crippen LogP contribution in [0.5, 0.6) is 11.5 Å². The first-order chi connectivity index (χ1) is 10.8. The van der Waals surface area contributed by atoms with Crippen LogP contribution in [0.15, 0.2) is 66.5 Å². The van der Waals surface area contributed by atoms with E-state index in [4.69, 9.17) is 9.47 Å². The predicted octanol–water partition coefficient (Wildman–Crippen LogP) is 3.96. The van der Waals surface area contributed by atoms with Crippen LogP contribution in [-0.4, -0.2) is 10.9 Å². The summed E-state index contributed by atoms with van der Waals surface area (Å²) in [4.78, 5) is 0. The third kappa shape index (κ3) is 2.67. The zero-order valence-corrected chi connectivity index (χ0v) is 12.6. The van der Waals surface area contributed by atoms with Crippen LogP contribution in [0.1, 0.15) is 12.5 Å². The molecule has 4 rings (SSSR count). The van der Waals surface area contributed by atoms with E-state index >= 15 is 0 Å². The molecule has 2 aromatic rings. The predicted molar refractivity (Wildman–Crippen MR) is 86.0 cm³/mol. The van der Waals surface area contributed by atoms with Crippen molar-refractivity contribution in [2.24, 2.45) is 5.92 Å². The summed E-state index contributed by atoms with van der Waals surface area (Å²) >= 11 is 0. The lowest BCUT2D eigenvalue weighted by Crippen LogP contribution is -2.20. The van der Waals surface area contributed by atoms with E-state index in [1.54, 1.807) is 0 Å². The Morgan fingerprint density at radius 3 is 2.55 bits per heavy atom. The van der Waals surface area contributed by atoms with E-state index in [0.29, 0.717) is 5.92 Å². The second kappa shape index (κ2) is 5.41. The molecule has 0 N–H and O–H groups in total. The summed E-state index contributed by atoms with van der Waals surface area (Å²) in [6.07, 6.45) is 11.6. The third-order valence-electron chi connectivity index (χ3n) is 4.04. The van der Waals surface area contributed by atoms with Gasteiger partial charge in [-0.25, -0.2) is 0 Å². The SMILES string of the molecule is CC1C=CC(Cn2ccc(CC3Oc4ccccc4O3)c2)=C1. The molecular formula is C19H19NO2. The number of hydrogen-bond donors (Lipinski definition) is 0. The molecule has 1 unspecified atom stereocenters. The summed E-state index contributed by atoms with van der Waals surface area (Å²) in [5.41, 5.74) is 2.60. The number of fused-ring (bicyclic) bond motifs is 1. The third-order valence-corrected chi connectivity index (χ3v) is 4.04. The topological polar surface area (TPSA) is 23.4 Å². The number of aromatic nitrogens is 1. The highest BCUT2D eigenvalue weighted by Gasteiger charge is 2.23. The Morgan fingerprint density at radius 2 is 1.86 bits per heavy atom. The highest BCUT2D eigenvalue weighted by Crippen LogP contribution is 2.34. The van der Waals surface area contributed by atoms with Gasteiger partial charge in [-0.1, -0.05) is 37.3 Å². The summed E-state index contributed by atoms with van der Waals surface area (Å²) in [5.74, 6) is 2.23. The van der Waals surface area contributed by atoms with Crippen LogP contribution < -0.4 is 9.47 Å². The fourth-order valence-electron chi connectivity index (χ4n) is 2.98. The molecule has 22 heavy (non-hydrogen) atoms. The number of allylic oxidation sites excluding steroid dienone is 4. The van der Waals surface area contributed by atoms with E-state index in [2.05, 4.69) is 48.2 Å². The normalized spacial score (nSPS) is 19.7. The van der Waals surface area contributed by atoms with Crippen LogP contribution in [0.25, 0.3) is 0 Å². The molecule has 2 heterocycles. The van der Waals surface area contributed by atoms with E-state index in [0.717, 1.165) is 24.5 Å². The first-order valence-electron chi connectivity index (χ1n) is 7.72. The molecule has 3 nitrogen and oxygen atoms in total. The highest BCUT2D eigenvalue weighted by atomic mass is 16.7. The Labute approximate surface area is 130 Å². The molecule has 1 atom stereocenters. The fourth-order valence-corrected chi connectivity index (χ4v) is 2.98. The van der Waals surface area contributed by atoms with Crippen LogP contribution in [0.3, 0.4) is 0 Å². The van der Waals surface area contributed by atoms with Crippen LogP contribution in [-0.2, 0) is 13.0 Å². The summed E-state index contributed by atoms with van der Waals surface area (Å²) < 4.78 is 13.8. The van der Waals surface area contributed by atoms with Gasteiger partial charge in [0, 0.05) is 25.4 Å². The van der Waals surface area contributed by atoms with E-state index in [9.17, 15) is 0 Å². The Hall–Kier alpha value is -2.42. The average Bonchev–Trinajstić information content (AvgIpc) is 3.20. The standard InChI is InChI=1S/C19H19NO2/c1-14-6-7-15(10-14)12-20-9-8-16(13-20)11-19-21-17-4-2-3-5-18(17)22-19/h2-10,13-14,19H,11-12H2,1H3. The van der Waals surface area contributed by atoms with Gasteiger partial charge in [0.15, 0.2) is 11.5 Å². The van der Waals surface area contributed by atoms with Crippen molar-refractivity contribution >= 4 is 0 Å². The van der Waals surface area contributed by atoms with Gasteiger partial charge in [-0.15, -0.1) is 0 Å². The number of rotatable bonds is 4. The fraction of sp³-hybridized carbons (Fsp3) is 0.263. The van der Waals surface area contributed by atoms with Gasteiger partial charge in [-0.3, -0.25) is 0 Å². The first kappa shape index (κ1) is 13.3. The van der Waals surface area contributed by atoms with Crippen molar-refractivity contribution in [1.82, 2.24) is 4.57 Å². The van der Waals surface area contributed by atoms with Crippen molar-refractivity contribution in [2.45, 2.75) is 26.2 Å². The summed E-state index contributed by atoms with van der Waals surface area (Å²) in [5, 5.41) is 0. The van der Waals surface area contributed by atoms with Gasteiger partial charge < -0.3 is 14.0 Å². The molecule has 0 spiro atoms. The molecule has 0 saturated heterocycles. The van der Waals surface area contributed by atoms with E-state index in [1.165, 1.54) is 11.1 Å². The molecule has 0 bridgehead atoms. The minimum Gasteiger partial charge on any atom is -0.451 e.